The maximum atomic E-state index is 9.91. The molecule has 0 amide bonds. The third-order valence-corrected chi connectivity index (χ3v) is 3.39. The summed E-state index contributed by atoms with van der Waals surface area (Å²) in [6.07, 6.45) is -5.60. The van der Waals surface area contributed by atoms with E-state index in [2.05, 4.69) is 0 Å². The van der Waals surface area contributed by atoms with Crippen molar-refractivity contribution in [1.82, 2.24) is 0 Å². The summed E-state index contributed by atoms with van der Waals surface area (Å²) in [6, 6.07) is 0. The highest BCUT2D eigenvalue weighted by molar-refractivity contribution is 4.94. The maximum absolute atomic E-state index is 9.91. The lowest BCUT2D eigenvalue weighted by Crippen LogP contribution is -2.54. The molecular weight excluding hydrogens is 264 g/mol. The van der Waals surface area contributed by atoms with Crippen LogP contribution < -0.4 is 0 Å². The average molecular weight is 282 g/mol. The largest absolute Gasteiger partial charge is 0.391 e. The fourth-order valence-electron chi connectivity index (χ4n) is 2.07. The molecule has 2 saturated heterocycles. The minimum absolute atomic E-state index is 0.244. The van der Waals surface area contributed by atoms with Crippen LogP contribution in [0.5, 0.6) is 0 Å². The van der Waals surface area contributed by atoms with Gasteiger partial charge in [-0.15, -0.1) is 0 Å². The molecule has 0 spiro atoms. The molecule has 2 heterocycles. The summed E-state index contributed by atoms with van der Waals surface area (Å²) in [7, 11) is 0. The molecule has 0 saturated carbocycles. The summed E-state index contributed by atoms with van der Waals surface area (Å²) in [4.78, 5) is 0. The van der Waals surface area contributed by atoms with Crippen molar-refractivity contribution in [1.29, 1.82) is 0 Å². The SMILES string of the molecule is OC[C@@]1(OC[C@]2(O)OC[C@@H](O)[C@@H]2O)OC[C@@H](O)[C@@H]1O. The topological polar surface area (TPSA) is 149 Å². The molecule has 2 fully saturated rings. The highest BCUT2D eigenvalue weighted by Crippen LogP contribution is 2.31. The van der Waals surface area contributed by atoms with E-state index in [4.69, 9.17) is 14.2 Å². The van der Waals surface area contributed by atoms with Gasteiger partial charge in [-0.05, 0) is 0 Å². The van der Waals surface area contributed by atoms with E-state index in [1.807, 2.05) is 0 Å². The summed E-state index contributed by atoms with van der Waals surface area (Å²) in [5.74, 6) is -4.07. The van der Waals surface area contributed by atoms with E-state index in [0.717, 1.165) is 0 Å². The fourth-order valence-corrected chi connectivity index (χ4v) is 2.07. The van der Waals surface area contributed by atoms with Crippen molar-refractivity contribution in [2.45, 2.75) is 36.0 Å². The Morgan fingerprint density at radius 1 is 1.00 bits per heavy atom. The van der Waals surface area contributed by atoms with Gasteiger partial charge in [-0.3, -0.25) is 0 Å². The normalized spacial score (nSPS) is 50.8. The van der Waals surface area contributed by atoms with Crippen LogP contribution in [0.15, 0.2) is 0 Å². The average Bonchev–Trinajstić information content (AvgIpc) is 2.83. The van der Waals surface area contributed by atoms with Crippen LogP contribution >= 0.6 is 0 Å². The van der Waals surface area contributed by atoms with Gasteiger partial charge in [-0.2, -0.15) is 0 Å². The first-order valence-corrected chi connectivity index (χ1v) is 5.82. The first kappa shape index (κ1) is 15.0. The Balaban J connectivity index is 2.01. The van der Waals surface area contributed by atoms with Gasteiger partial charge < -0.3 is 44.8 Å². The summed E-state index contributed by atoms with van der Waals surface area (Å²) in [6.45, 7) is -1.94. The number of aliphatic hydroxyl groups is 6. The molecule has 0 radical (unpaired) electrons. The van der Waals surface area contributed by atoms with Crippen LogP contribution in [0.3, 0.4) is 0 Å². The molecule has 6 atom stereocenters. The molecule has 0 aliphatic carbocycles. The van der Waals surface area contributed by atoms with Crippen molar-refractivity contribution in [3.8, 4) is 0 Å². The van der Waals surface area contributed by atoms with Crippen molar-refractivity contribution in [3.05, 3.63) is 0 Å². The highest BCUT2D eigenvalue weighted by atomic mass is 16.8. The number of rotatable bonds is 4. The van der Waals surface area contributed by atoms with Gasteiger partial charge in [-0.25, -0.2) is 0 Å². The molecule has 0 unspecified atom stereocenters. The third kappa shape index (κ3) is 2.49. The summed E-state index contributed by atoms with van der Waals surface area (Å²) < 4.78 is 14.9. The summed E-state index contributed by atoms with van der Waals surface area (Å²) >= 11 is 0. The minimum atomic E-state index is -2.17. The number of hydrogen-bond acceptors (Lipinski definition) is 9. The quantitative estimate of drug-likeness (QED) is 0.302. The number of aliphatic hydroxyl groups excluding tert-OH is 5. The second kappa shape index (κ2) is 5.20. The first-order chi connectivity index (χ1) is 8.84. The third-order valence-electron chi connectivity index (χ3n) is 3.39. The summed E-state index contributed by atoms with van der Waals surface area (Å²) in [5.41, 5.74) is 0. The Hall–Kier alpha value is -0.360. The van der Waals surface area contributed by atoms with Gasteiger partial charge in [0, 0.05) is 0 Å². The minimum Gasteiger partial charge on any atom is -0.391 e. The zero-order valence-corrected chi connectivity index (χ0v) is 10.0. The van der Waals surface area contributed by atoms with E-state index in [-0.39, 0.29) is 13.2 Å². The van der Waals surface area contributed by atoms with Gasteiger partial charge in [0.05, 0.1) is 13.2 Å². The molecule has 6 N–H and O–H groups in total. The smallest absolute Gasteiger partial charge is 0.221 e. The molecule has 0 aromatic rings. The standard InChI is InChI=1S/C10H18O9/c11-3-10(8(15)6(13)2-18-10)19-4-9(16)7(14)5(12)1-17-9/h5-8,11-16H,1-4H2/t5-,6-,7+,8+,9+,10+/m1/s1. The Kier molecular flexibility index (Phi) is 4.12. The van der Waals surface area contributed by atoms with E-state index in [9.17, 15) is 30.6 Å². The molecule has 9 heteroatoms. The Morgan fingerprint density at radius 3 is 2.00 bits per heavy atom. The van der Waals surface area contributed by atoms with Gasteiger partial charge in [0.1, 0.15) is 37.6 Å². The van der Waals surface area contributed by atoms with E-state index in [1.54, 1.807) is 0 Å². The molecule has 0 bridgehead atoms. The Labute approximate surface area is 108 Å². The fraction of sp³-hybridized carbons (Fsp3) is 1.00. The molecule has 2 rings (SSSR count). The van der Waals surface area contributed by atoms with Gasteiger partial charge in [0.25, 0.3) is 0 Å². The van der Waals surface area contributed by atoms with E-state index >= 15 is 0 Å². The van der Waals surface area contributed by atoms with Crippen LogP contribution in [-0.2, 0) is 14.2 Å². The molecular formula is C10H18O9. The van der Waals surface area contributed by atoms with Gasteiger partial charge in [-0.1, -0.05) is 0 Å². The van der Waals surface area contributed by atoms with Crippen molar-refractivity contribution in [2.75, 3.05) is 26.4 Å². The van der Waals surface area contributed by atoms with E-state index in [0.29, 0.717) is 0 Å². The van der Waals surface area contributed by atoms with Crippen molar-refractivity contribution in [2.24, 2.45) is 0 Å². The molecule has 0 aromatic heterocycles. The maximum Gasteiger partial charge on any atom is 0.221 e. The van der Waals surface area contributed by atoms with Crippen molar-refractivity contribution in [3.63, 3.8) is 0 Å². The second-order valence-electron chi connectivity index (χ2n) is 4.75. The number of ether oxygens (including phenoxy) is 3. The Bertz CT molecular complexity index is 326. The predicted molar refractivity (Wildman–Crippen MR) is 56.6 cm³/mol. The van der Waals surface area contributed by atoms with Gasteiger partial charge in [0.2, 0.25) is 11.6 Å². The van der Waals surface area contributed by atoms with E-state index in [1.165, 1.54) is 0 Å². The zero-order chi connectivity index (χ0) is 14.3. The highest BCUT2D eigenvalue weighted by Gasteiger charge is 2.54. The second-order valence-corrected chi connectivity index (χ2v) is 4.75. The van der Waals surface area contributed by atoms with Crippen LogP contribution in [0, 0.1) is 0 Å². The van der Waals surface area contributed by atoms with Gasteiger partial charge in [0.15, 0.2) is 0 Å². The molecule has 9 nitrogen and oxygen atoms in total. The Morgan fingerprint density at radius 2 is 1.58 bits per heavy atom. The predicted octanol–water partition coefficient (Wildman–Crippen LogP) is -4.12. The van der Waals surface area contributed by atoms with Crippen LogP contribution in [-0.4, -0.2) is 93.1 Å². The van der Waals surface area contributed by atoms with Crippen LogP contribution in [0.1, 0.15) is 0 Å². The number of hydrogen-bond donors (Lipinski definition) is 6. The molecule has 112 valence electrons. The van der Waals surface area contributed by atoms with Crippen molar-refractivity contribution >= 4 is 0 Å². The van der Waals surface area contributed by atoms with Gasteiger partial charge >= 0.3 is 0 Å². The molecule has 19 heavy (non-hydrogen) atoms. The monoisotopic (exact) mass is 282 g/mol. The lowest BCUT2D eigenvalue weighted by molar-refractivity contribution is -0.318. The lowest BCUT2D eigenvalue weighted by atomic mass is 10.1. The van der Waals surface area contributed by atoms with Crippen molar-refractivity contribution < 1.29 is 44.8 Å². The lowest BCUT2D eigenvalue weighted by Gasteiger charge is -2.34. The zero-order valence-electron chi connectivity index (χ0n) is 10.0. The van der Waals surface area contributed by atoms with Crippen LogP contribution in [0.2, 0.25) is 0 Å². The molecule has 2 aliphatic heterocycles. The summed E-state index contributed by atoms with van der Waals surface area (Å²) in [5, 5.41) is 57.0. The molecule has 2 aliphatic rings. The van der Waals surface area contributed by atoms with Crippen LogP contribution in [0.25, 0.3) is 0 Å². The van der Waals surface area contributed by atoms with E-state index < -0.39 is 49.2 Å². The molecule has 0 aromatic carbocycles. The first-order valence-electron chi connectivity index (χ1n) is 5.82. The van der Waals surface area contributed by atoms with Crippen LogP contribution in [0.4, 0.5) is 0 Å².